The average molecular weight is 456 g/mol. The Hall–Kier alpha value is -3.76. The molecule has 2 N–H and O–H groups in total. The van der Waals surface area contributed by atoms with Gasteiger partial charge in [-0.2, -0.15) is 13.2 Å². The van der Waals surface area contributed by atoms with E-state index in [4.69, 9.17) is 5.73 Å². The first kappa shape index (κ1) is 19.9. The summed E-state index contributed by atoms with van der Waals surface area (Å²) in [6.45, 7) is 0.295. The Bertz CT molecular complexity index is 1460. The number of hydrogen-bond acceptors (Lipinski definition) is 5. The number of aromatic nitrogens is 4. The van der Waals surface area contributed by atoms with Crippen molar-refractivity contribution in [3.8, 4) is 0 Å². The number of anilines is 1. The minimum Gasteiger partial charge on any atom is -0.382 e. The molecule has 168 valence electrons. The van der Waals surface area contributed by atoms with Crippen LogP contribution in [-0.2, 0) is 6.18 Å². The molecule has 11 heteroatoms. The quantitative estimate of drug-likeness (QED) is 0.436. The van der Waals surface area contributed by atoms with Crippen molar-refractivity contribution in [3.63, 3.8) is 0 Å². The number of nitrogens with zero attached hydrogens (tertiary/aromatic N) is 5. The average Bonchev–Trinajstić information content (AvgIpc) is 3.37. The molecule has 6 rings (SSSR count). The Morgan fingerprint density at radius 3 is 2.76 bits per heavy atom. The van der Waals surface area contributed by atoms with Crippen LogP contribution in [0.15, 0.2) is 36.8 Å². The van der Waals surface area contributed by atoms with E-state index in [1.807, 2.05) is 0 Å². The van der Waals surface area contributed by atoms with E-state index in [9.17, 15) is 18.0 Å². The summed E-state index contributed by atoms with van der Waals surface area (Å²) >= 11 is 0. The third kappa shape index (κ3) is 2.87. The number of nitrogen functional groups attached to an aromatic ring is 1. The molecule has 7 nitrogen and oxygen atoms in total. The van der Waals surface area contributed by atoms with E-state index in [-0.39, 0.29) is 22.8 Å². The number of carbonyl (C=O) groups is 1. The fourth-order valence-electron chi connectivity index (χ4n) is 5.02. The van der Waals surface area contributed by atoms with Gasteiger partial charge in [0.05, 0.1) is 35.2 Å². The van der Waals surface area contributed by atoms with Crippen molar-refractivity contribution in [1.82, 2.24) is 24.3 Å². The molecule has 0 radical (unpaired) electrons. The van der Waals surface area contributed by atoms with Crippen LogP contribution in [0.2, 0.25) is 0 Å². The lowest BCUT2D eigenvalue weighted by molar-refractivity contribution is -0.141. The number of halogens is 4. The van der Waals surface area contributed by atoms with Crippen LogP contribution in [0.4, 0.5) is 23.4 Å². The number of nitrogens with two attached hydrogens (primary N) is 1. The second kappa shape index (κ2) is 6.63. The highest BCUT2D eigenvalue weighted by Gasteiger charge is 2.44. The number of rotatable bonds is 1. The van der Waals surface area contributed by atoms with Crippen LogP contribution in [0.5, 0.6) is 0 Å². The SMILES string of the molecule is Nc1nc2cc(F)c(C(=O)N3CC[C@H]4C[C@@H]3c3ccc(C(F)(F)F)nc34)cc2n2cncc12. The van der Waals surface area contributed by atoms with Gasteiger partial charge in [-0.05, 0) is 30.5 Å². The monoisotopic (exact) mass is 456 g/mol. The number of benzene rings is 1. The maximum Gasteiger partial charge on any atom is 0.433 e. The lowest BCUT2D eigenvalue weighted by Gasteiger charge is -2.33. The Morgan fingerprint density at radius 1 is 1.15 bits per heavy atom. The molecule has 1 aliphatic carbocycles. The van der Waals surface area contributed by atoms with E-state index in [2.05, 4.69) is 15.0 Å². The van der Waals surface area contributed by atoms with Gasteiger partial charge in [0.15, 0.2) is 0 Å². The highest BCUT2D eigenvalue weighted by Crippen LogP contribution is 2.49. The molecule has 33 heavy (non-hydrogen) atoms. The van der Waals surface area contributed by atoms with Crippen LogP contribution < -0.4 is 5.73 Å². The van der Waals surface area contributed by atoms with E-state index >= 15 is 4.39 Å². The van der Waals surface area contributed by atoms with Crippen molar-refractivity contribution in [1.29, 1.82) is 0 Å². The fourth-order valence-corrected chi connectivity index (χ4v) is 5.02. The smallest absolute Gasteiger partial charge is 0.382 e. The first-order valence-corrected chi connectivity index (χ1v) is 10.3. The molecular weight excluding hydrogens is 440 g/mol. The van der Waals surface area contributed by atoms with Crippen molar-refractivity contribution < 1.29 is 22.4 Å². The maximum absolute atomic E-state index is 15.0. The number of likely N-dealkylation sites (tertiary alicyclic amines) is 1. The number of pyridine rings is 1. The van der Waals surface area contributed by atoms with Crippen LogP contribution in [-0.4, -0.2) is 36.7 Å². The van der Waals surface area contributed by atoms with Crippen molar-refractivity contribution in [3.05, 3.63) is 65.1 Å². The zero-order valence-electron chi connectivity index (χ0n) is 17.0. The summed E-state index contributed by atoms with van der Waals surface area (Å²) in [5.74, 6) is -1.25. The molecule has 0 spiro atoms. The molecule has 2 aliphatic rings. The molecule has 4 heterocycles. The molecule has 1 amide bonds. The number of hydrogen-bond donors (Lipinski definition) is 1. The van der Waals surface area contributed by atoms with Gasteiger partial charge in [0.1, 0.15) is 22.8 Å². The van der Waals surface area contributed by atoms with Gasteiger partial charge in [0.2, 0.25) is 0 Å². The van der Waals surface area contributed by atoms with Crippen LogP contribution >= 0.6 is 0 Å². The van der Waals surface area contributed by atoms with E-state index in [0.29, 0.717) is 41.7 Å². The summed E-state index contributed by atoms with van der Waals surface area (Å²) < 4.78 is 56.0. The van der Waals surface area contributed by atoms with Gasteiger partial charge >= 0.3 is 6.18 Å². The second-order valence-electron chi connectivity index (χ2n) is 8.37. The molecule has 1 saturated heterocycles. The van der Waals surface area contributed by atoms with E-state index in [0.717, 1.165) is 12.1 Å². The predicted octanol–water partition coefficient (Wildman–Crippen LogP) is 4.09. The first-order chi connectivity index (χ1) is 15.7. The van der Waals surface area contributed by atoms with Gasteiger partial charge in [-0.15, -0.1) is 0 Å². The van der Waals surface area contributed by atoms with Gasteiger partial charge in [0, 0.05) is 24.2 Å². The molecule has 1 aromatic carbocycles. The molecule has 0 saturated carbocycles. The van der Waals surface area contributed by atoms with Gasteiger partial charge in [0.25, 0.3) is 5.91 Å². The van der Waals surface area contributed by atoms with E-state index in [1.54, 1.807) is 4.40 Å². The maximum atomic E-state index is 15.0. The summed E-state index contributed by atoms with van der Waals surface area (Å²) in [5, 5.41) is 0. The third-order valence-corrected chi connectivity index (χ3v) is 6.55. The largest absolute Gasteiger partial charge is 0.433 e. The molecule has 0 unspecified atom stereocenters. The number of alkyl halides is 3. The normalized spacial score (nSPS) is 19.9. The Labute approximate surface area is 183 Å². The standard InChI is InChI=1S/C22H16F4N6O/c23-13-7-14-16(32-9-28-8-17(32)20(27)29-14)6-12(13)21(33)31-4-3-10-5-15(31)11-1-2-18(22(24,25)26)30-19(10)11/h1-2,6-10,15H,3-5H2,(H2,27,29)/t10-,15+/m0/s1. The number of fused-ring (bicyclic) bond motifs is 8. The lowest BCUT2D eigenvalue weighted by atomic mass is 9.96. The number of piperidine rings is 1. The fraction of sp³-hybridized carbons (Fsp3) is 0.273. The minimum atomic E-state index is -4.54. The van der Waals surface area contributed by atoms with Crippen molar-refractivity contribution >= 4 is 28.3 Å². The third-order valence-electron chi connectivity index (χ3n) is 6.55. The molecule has 1 fully saturated rings. The first-order valence-electron chi connectivity index (χ1n) is 10.3. The lowest BCUT2D eigenvalue weighted by Crippen LogP contribution is -2.38. The van der Waals surface area contributed by atoms with Crippen LogP contribution in [0.25, 0.3) is 16.6 Å². The number of carbonyl (C=O) groups excluding carboxylic acids is 1. The Morgan fingerprint density at radius 2 is 1.97 bits per heavy atom. The molecule has 4 aromatic rings. The molecular formula is C22H16F4N6O. The molecule has 1 aliphatic heterocycles. The zero-order valence-corrected chi connectivity index (χ0v) is 17.0. The van der Waals surface area contributed by atoms with Crippen LogP contribution in [0.3, 0.4) is 0 Å². The highest BCUT2D eigenvalue weighted by atomic mass is 19.4. The Balaban J connectivity index is 1.42. The van der Waals surface area contributed by atoms with Crippen molar-refractivity contribution in [2.75, 3.05) is 12.3 Å². The number of imidazole rings is 1. The second-order valence-corrected chi connectivity index (χ2v) is 8.37. The van der Waals surface area contributed by atoms with Crippen LogP contribution in [0.1, 0.15) is 52.1 Å². The molecule has 2 atom stereocenters. The number of amides is 1. The molecule has 3 aromatic heterocycles. The summed E-state index contributed by atoms with van der Waals surface area (Å²) in [5.41, 5.74) is 7.08. The predicted molar refractivity (Wildman–Crippen MR) is 110 cm³/mol. The minimum absolute atomic E-state index is 0.143. The topological polar surface area (TPSA) is 89.4 Å². The van der Waals surface area contributed by atoms with Crippen molar-refractivity contribution in [2.24, 2.45) is 0 Å². The van der Waals surface area contributed by atoms with E-state index < -0.39 is 29.6 Å². The zero-order chi connectivity index (χ0) is 23.1. The summed E-state index contributed by atoms with van der Waals surface area (Å²) in [6.07, 6.45) is -0.581. The van der Waals surface area contributed by atoms with Gasteiger partial charge in [-0.1, -0.05) is 6.07 Å². The highest BCUT2D eigenvalue weighted by molar-refractivity contribution is 5.99. The van der Waals surface area contributed by atoms with Gasteiger partial charge in [-0.3, -0.25) is 9.20 Å². The molecule has 2 bridgehead atoms. The van der Waals surface area contributed by atoms with Gasteiger partial charge in [-0.25, -0.2) is 19.3 Å². The summed E-state index contributed by atoms with van der Waals surface area (Å²) in [4.78, 5) is 27.1. The van der Waals surface area contributed by atoms with Crippen LogP contribution in [0, 0.1) is 5.82 Å². The summed E-state index contributed by atoms with van der Waals surface area (Å²) in [6, 6.07) is 4.45. The van der Waals surface area contributed by atoms with Crippen molar-refractivity contribution in [2.45, 2.75) is 31.0 Å². The summed E-state index contributed by atoms with van der Waals surface area (Å²) in [7, 11) is 0. The van der Waals surface area contributed by atoms with Gasteiger partial charge < -0.3 is 10.6 Å². The van der Waals surface area contributed by atoms with E-state index in [1.165, 1.54) is 29.6 Å². The Kier molecular flexibility index (Phi) is 3.99.